The number of esters is 1. The van der Waals surface area contributed by atoms with Crippen molar-refractivity contribution in [2.45, 2.75) is 31.5 Å². The van der Waals surface area contributed by atoms with Crippen molar-refractivity contribution in [3.05, 3.63) is 77.7 Å². The Morgan fingerprint density at radius 3 is 2.76 bits per heavy atom. The highest BCUT2D eigenvalue weighted by Crippen LogP contribution is 2.31. The van der Waals surface area contributed by atoms with Crippen LogP contribution in [0.25, 0.3) is 10.9 Å². The molecule has 5 rings (SSSR count). The van der Waals surface area contributed by atoms with E-state index in [0.29, 0.717) is 26.1 Å². The Kier molecular flexibility index (Phi) is 7.18. The van der Waals surface area contributed by atoms with E-state index in [0.717, 1.165) is 23.3 Å². The lowest BCUT2D eigenvalue weighted by atomic mass is 10.1. The topological polar surface area (TPSA) is 114 Å². The minimum Gasteiger partial charge on any atom is -0.496 e. The second-order valence-electron chi connectivity index (χ2n) is 9.12. The molecule has 0 aliphatic carbocycles. The molecule has 2 atom stereocenters. The summed E-state index contributed by atoms with van der Waals surface area (Å²) in [5, 5.41) is 12.4. The number of fused-ring (bicyclic) bond motifs is 1. The molecule has 37 heavy (non-hydrogen) atoms. The number of carbonyl (C=O) groups is 2. The third-order valence-electron chi connectivity index (χ3n) is 6.90. The fourth-order valence-electron chi connectivity index (χ4n) is 5.00. The molecule has 1 aliphatic heterocycles. The number of hydrogen-bond acceptors (Lipinski definition) is 7. The van der Waals surface area contributed by atoms with Crippen molar-refractivity contribution >= 4 is 22.8 Å². The fraction of sp³-hybridized carbons (Fsp3) is 0.333. The minimum atomic E-state index is -0.540. The van der Waals surface area contributed by atoms with Gasteiger partial charge in [-0.1, -0.05) is 41.6 Å². The lowest BCUT2D eigenvalue weighted by Crippen LogP contribution is -2.43. The average molecular weight is 503 g/mol. The molecule has 3 heterocycles. The van der Waals surface area contributed by atoms with Crippen molar-refractivity contribution < 1.29 is 19.1 Å². The van der Waals surface area contributed by atoms with Crippen LogP contribution in [0.15, 0.2) is 60.9 Å². The number of aromatic nitrogens is 4. The van der Waals surface area contributed by atoms with Gasteiger partial charge in [0.2, 0.25) is 5.91 Å². The zero-order valence-corrected chi connectivity index (χ0v) is 20.9. The Bertz CT molecular complexity index is 1400. The quantitative estimate of drug-likeness (QED) is 0.338. The molecule has 1 saturated heterocycles. The second-order valence-corrected chi connectivity index (χ2v) is 9.12. The second kappa shape index (κ2) is 10.8. The van der Waals surface area contributed by atoms with Crippen LogP contribution in [0, 0.1) is 0 Å². The summed E-state index contributed by atoms with van der Waals surface area (Å²) in [4.78, 5) is 30.7. The van der Waals surface area contributed by atoms with Gasteiger partial charge in [0, 0.05) is 42.3 Å². The number of aromatic amines is 1. The normalized spacial score (nSPS) is 17.7. The summed E-state index contributed by atoms with van der Waals surface area (Å²) in [5.41, 5.74) is 3.40. The largest absolute Gasteiger partial charge is 0.496 e. The molecule has 2 N–H and O–H groups in total. The van der Waals surface area contributed by atoms with E-state index in [-0.39, 0.29) is 23.7 Å². The monoisotopic (exact) mass is 502 g/mol. The summed E-state index contributed by atoms with van der Waals surface area (Å²) >= 11 is 0. The molecule has 2 aromatic heterocycles. The van der Waals surface area contributed by atoms with Crippen LogP contribution in [0.1, 0.15) is 34.1 Å². The van der Waals surface area contributed by atoms with Gasteiger partial charge in [-0.3, -0.25) is 9.69 Å². The molecule has 1 fully saturated rings. The first-order chi connectivity index (χ1) is 18.1. The Balaban J connectivity index is 1.30. The standard InChI is InChI=1S/C27H30N6O4/c1-36-25-10-6-3-7-19(25)15-32-16-20(33-17-23(30-31-33)27(35)37-2)13-24(32)26(34)28-12-11-18-14-29-22-9-5-4-8-21(18)22/h3-10,14,17,20,24,29H,11-13,15-16H2,1-2H3,(H,28,34)/t20-,24+/m1/s1. The molecule has 2 aromatic carbocycles. The third-order valence-corrected chi connectivity index (χ3v) is 6.90. The Morgan fingerprint density at radius 2 is 1.92 bits per heavy atom. The molecule has 0 radical (unpaired) electrons. The fourth-order valence-corrected chi connectivity index (χ4v) is 5.00. The van der Waals surface area contributed by atoms with E-state index in [1.54, 1.807) is 18.0 Å². The van der Waals surface area contributed by atoms with Gasteiger partial charge >= 0.3 is 5.97 Å². The summed E-state index contributed by atoms with van der Waals surface area (Å²) in [6.07, 6.45) is 4.84. The predicted molar refractivity (Wildman–Crippen MR) is 137 cm³/mol. The molecule has 10 nitrogen and oxygen atoms in total. The molecule has 0 saturated carbocycles. The van der Waals surface area contributed by atoms with Crippen LogP contribution in [-0.2, 0) is 22.5 Å². The minimum absolute atomic E-state index is 0.0365. The van der Waals surface area contributed by atoms with Crippen molar-refractivity contribution in [1.82, 2.24) is 30.2 Å². The Labute approximate surface area is 214 Å². The van der Waals surface area contributed by atoms with Crippen molar-refractivity contribution in [1.29, 1.82) is 0 Å². The number of methoxy groups -OCH3 is 2. The van der Waals surface area contributed by atoms with Gasteiger partial charge in [-0.25, -0.2) is 9.48 Å². The number of nitrogens with one attached hydrogen (secondary N) is 2. The molecule has 1 amide bonds. The first kappa shape index (κ1) is 24.5. The van der Waals surface area contributed by atoms with Crippen molar-refractivity contribution in [3.8, 4) is 5.75 Å². The highest BCUT2D eigenvalue weighted by molar-refractivity contribution is 5.86. The van der Waals surface area contributed by atoms with E-state index in [1.807, 2.05) is 48.7 Å². The van der Waals surface area contributed by atoms with Gasteiger partial charge in [0.25, 0.3) is 0 Å². The van der Waals surface area contributed by atoms with Crippen LogP contribution in [0.5, 0.6) is 5.75 Å². The molecule has 192 valence electrons. The molecule has 0 spiro atoms. The zero-order chi connectivity index (χ0) is 25.8. The summed E-state index contributed by atoms with van der Waals surface area (Å²) in [6.45, 7) is 1.64. The number of amides is 1. The van der Waals surface area contributed by atoms with Gasteiger partial charge in [-0.15, -0.1) is 5.10 Å². The Morgan fingerprint density at radius 1 is 1.11 bits per heavy atom. The maximum Gasteiger partial charge on any atom is 0.360 e. The molecule has 1 aliphatic rings. The van der Waals surface area contributed by atoms with E-state index in [4.69, 9.17) is 9.47 Å². The first-order valence-corrected chi connectivity index (χ1v) is 12.3. The van der Waals surface area contributed by atoms with Crippen LogP contribution in [0.2, 0.25) is 0 Å². The molecule has 0 unspecified atom stereocenters. The van der Waals surface area contributed by atoms with E-state index >= 15 is 0 Å². The maximum absolute atomic E-state index is 13.4. The molecular weight excluding hydrogens is 472 g/mol. The number of ether oxygens (including phenoxy) is 2. The van der Waals surface area contributed by atoms with Crippen molar-refractivity contribution in [2.75, 3.05) is 27.3 Å². The highest BCUT2D eigenvalue weighted by Gasteiger charge is 2.38. The number of rotatable bonds is 9. The number of para-hydroxylation sites is 2. The third kappa shape index (κ3) is 5.19. The van der Waals surface area contributed by atoms with Crippen molar-refractivity contribution in [3.63, 3.8) is 0 Å². The van der Waals surface area contributed by atoms with Gasteiger partial charge in [-0.05, 0) is 30.5 Å². The first-order valence-electron chi connectivity index (χ1n) is 12.3. The summed E-state index contributed by atoms with van der Waals surface area (Å²) in [5.74, 6) is 0.199. The van der Waals surface area contributed by atoms with Crippen LogP contribution >= 0.6 is 0 Å². The summed E-state index contributed by atoms with van der Waals surface area (Å²) < 4.78 is 11.9. The zero-order valence-electron chi connectivity index (χ0n) is 20.9. The number of H-pyrrole nitrogens is 1. The summed E-state index contributed by atoms with van der Waals surface area (Å²) in [7, 11) is 2.95. The number of nitrogens with zero attached hydrogens (tertiary/aromatic N) is 4. The molecule has 10 heteroatoms. The number of benzene rings is 2. The SMILES string of the molecule is COC(=O)c1cn([C@@H]2C[C@@H](C(=O)NCCc3c[nH]c4ccccc34)N(Cc3ccccc3OC)C2)nn1. The highest BCUT2D eigenvalue weighted by atomic mass is 16.5. The van der Waals surface area contributed by atoms with E-state index in [1.165, 1.54) is 18.1 Å². The van der Waals surface area contributed by atoms with Crippen LogP contribution in [0.4, 0.5) is 0 Å². The number of likely N-dealkylation sites (tertiary alicyclic amines) is 1. The predicted octanol–water partition coefficient (Wildman–Crippen LogP) is 2.73. The van der Waals surface area contributed by atoms with E-state index < -0.39 is 5.97 Å². The smallest absolute Gasteiger partial charge is 0.360 e. The van der Waals surface area contributed by atoms with Gasteiger partial charge < -0.3 is 19.8 Å². The maximum atomic E-state index is 13.4. The molecule has 0 bridgehead atoms. The van der Waals surface area contributed by atoms with E-state index in [9.17, 15) is 9.59 Å². The van der Waals surface area contributed by atoms with Crippen LogP contribution in [0.3, 0.4) is 0 Å². The summed E-state index contributed by atoms with van der Waals surface area (Å²) in [6, 6.07) is 15.5. The van der Waals surface area contributed by atoms with Crippen LogP contribution in [-0.4, -0.2) is 70.1 Å². The Hall–Kier alpha value is -4.18. The number of carbonyl (C=O) groups excluding carboxylic acids is 2. The lowest BCUT2D eigenvalue weighted by molar-refractivity contribution is -0.125. The van der Waals surface area contributed by atoms with Gasteiger partial charge in [0.15, 0.2) is 5.69 Å². The van der Waals surface area contributed by atoms with Gasteiger partial charge in [0.1, 0.15) is 5.75 Å². The van der Waals surface area contributed by atoms with Gasteiger partial charge in [-0.2, -0.15) is 0 Å². The van der Waals surface area contributed by atoms with Crippen molar-refractivity contribution in [2.24, 2.45) is 0 Å². The van der Waals surface area contributed by atoms with E-state index in [2.05, 4.69) is 31.6 Å². The average Bonchev–Trinajstić information content (AvgIpc) is 3.67. The number of hydrogen-bond donors (Lipinski definition) is 2. The molecular formula is C27H30N6O4. The van der Waals surface area contributed by atoms with Gasteiger partial charge in [0.05, 0.1) is 32.5 Å². The lowest BCUT2D eigenvalue weighted by Gasteiger charge is -2.24. The molecule has 4 aromatic rings. The van der Waals surface area contributed by atoms with Crippen LogP contribution < -0.4 is 10.1 Å².